The number of fused-ring (bicyclic) bond motifs is 1. The van der Waals surface area contributed by atoms with Crippen LogP contribution in [0.1, 0.15) is 12.5 Å². The highest BCUT2D eigenvalue weighted by Crippen LogP contribution is 2.26. The molecule has 4 rings (SSSR count). The van der Waals surface area contributed by atoms with Gasteiger partial charge in [0.25, 0.3) is 0 Å². The highest BCUT2D eigenvalue weighted by Gasteiger charge is 2.09. The number of benzene rings is 3. The number of hydrogen-bond acceptors (Lipinski definition) is 6. The Balaban J connectivity index is 1.72. The first-order valence-corrected chi connectivity index (χ1v) is 9.15. The Labute approximate surface area is 168 Å². The molecular formula is C23H20N4O2. The number of anilines is 1. The molecule has 0 unspecified atom stereocenters. The fourth-order valence-corrected chi connectivity index (χ4v) is 2.94. The Bertz CT molecular complexity index is 1170. The van der Waals surface area contributed by atoms with Gasteiger partial charge in [0, 0.05) is 10.9 Å². The molecule has 0 aliphatic heterocycles. The van der Waals surface area contributed by atoms with Crippen molar-refractivity contribution >= 4 is 22.4 Å². The zero-order valence-electron chi connectivity index (χ0n) is 16.1. The molecule has 0 aliphatic carbocycles. The molecule has 0 spiro atoms. The van der Waals surface area contributed by atoms with E-state index in [-0.39, 0.29) is 5.75 Å². The van der Waals surface area contributed by atoms with Gasteiger partial charge in [-0.1, -0.05) is 12.1 Å². The average Bonchev–Trinajstić information content (AvgIpc) is 2.77. The standard InChI is InChI=1S/C23H20N4O2/c1-15(16-7-11-18(28)12-8-16)26-27-23-20-5-3-4-6-21(20)24-22(25-23)17-9-13-19(29-2)14-10-17/h3-14,28H,1-2H3,(H,24,25,27)/b26-15+. The summed E-state index contributed by atoms with van der Waals surface area (Å²) in [6.45, 7) is 1.90. The molecule has 2 N–H and O–H groups in total. The number of ether oxygens (including phenoxy) is 1. The van der Waals surface area contributed by atoms with E-state index in [9.17, 15) is 5.11 Å². The van der Waals surface area contributed by atoms with E-state index in [2.05, 4.69) is 15.5 Å². The molecule has 1 aromatic heterocycles. The number of phenols is 1. The van der Waals surface area contributed by atoms with Gasteiger partial charge in [-0.15, -0.1) is 0 Å². The number of nitrogens with zero attached hydrogens (tertiary/aromatic N) is 3. The molecule has 0 saturated carbocycles. The second-order valence-electron chi connectivity index (χ2n) is 6.50. The molecule has 4 aromatic rings. The summed E-state index contributed by atoms with van der Waals surface area (Å²) in [6.07, 6.45) is 0. The maximum absolute atomic E-state index is 9.46. The van der Waals surface area contributed by atoms with Gasteiger partial charge in [-0.3, -0.25) is 5.43 Å². The highest BCUT2D eigenvalue weighted by atomic mass is 16.5. The van der Waals surface area contributed by atoms with Crippen molar-refractivity contribution in [1.82, 2.24) is 9.97 Å². The van der Waals surface area contributed by atoms with Crippen molar-refractivity contribution in [1.29, 1.82) is 0 Å². The number of methoxy groups -OCH3 is 1. The molecule has 0 radical (unpaired) electrons. The summed E-state index contributed by atoms with van der Waals surface area (Å²) < 4.78 is 5.23. The maximum Gasteiger partial charge on any atom is 0.162 e. The first-order valence-electron chi connectivity index (χ1n) is 9.15. The van der Waals surface area contributed by atoms with E-state index in [0.717, 1.165) is 33.5 Å². The molecular weight excluding hydrogens is 364 g/mol. The minimum Gasteiger partial charge on any atom is -0.508 e. The summed E-state index contributed by atoms with van der Waals surface area (Å²) in [7, 11) is 1.64. The SMILES string of the molecule is COc1ccc(-c2nc(N/N=C(\C)c3ccc(O)cc3)c3ccccc3n2)cc1. The van der Waals surface area contributed by atoms with Crippen molar-refractivity contribution in [2.24, 2.45) is 5.10 Å². The Kier molecular flexibility index (Phi) is 5.07. The number of nitrogens with one attached hydrogen (secondary N) is 1. The molecule has 0 amide bonds. The molecule has 29 heavy (non-hydrogen) atoms. The fourth-order valence-electron chi connectivity index (χ4n) is 2.94. The number of hydrogen-bond donors (Lipinski definition) is 2. The molecule has 1 heterocycles. The van der Waals surface area contributed by atoms with Gasteiger partial charge in [0.15, 0.2) is 11.6 Å². The van der Waals surface area contributed by atoms with Crippen LogP contribution in [-0.4, -0.2) is 27.9 Å². The lowest BCUT2D eigenvalue weighted by atomic mass is 10.1. The van der Waals surface area contributed by atoms with Crippen LogP contribution in [0, 0.1) is 0 Å². The van der Waals surface area contributed by atoms with Crippen molar-refractivity contribution in [2.45, 2.75) is 6.92 Å². The van der Waals surface area contributed by atoms with Crippen LogP contribution in [0.5, 0.6) is 11.5 Å². The largest absolute Gasteiger partial charge is 0.508 e. The second kappa shape index (κ2) is 7.98. The van der Waals surface area contributed by atoms with Crippen LogP contribution in [0.15, 0.2) is 77.9 Å². The molecule has 6 heteroatoms. The number of rotatable bonds is 5. The maximum atomic E-state index is 9.46. The number of phenolic OH excluding ortho intramolecular Hbond substituents is 1. The van der Waals surface area contributed by atoms with Gasteiger partial charge in [-0.2, -0.15) is 5.10 Å². The highest BCUT2D eigenvalue weighted by molar-refractivity contribution is 5.99. The van der Waals surface area contributed by atoms with Crippen LogP contribution in [0.4, 0.5) is 5.82 Å². The number of para-hydroxylation sites is 1. The van der Waals surface area contributed by atoms with E-state index in [4.69, 9.17) is 9.72 Å². The van der Waals surface area contributed by atoms with E-state index in [1.165, 1.54) is 0 Å². The molecule has 6 nitrogen and oxygen atoms in total. The third-order valence-corrected chi connectivity index (χ3v) is 4.57. The quantitative estimate of drug-likeness (QED) is 0.380. The van der Waals surface area contributed by atoms with E-state index in [1.807, 2.05) is 67.6 Å². The number of hydrazone groups is 1. The zero-order chi connectivity index (χ0) is 20.2. The predicted octanol–water partition coefficient (Wildman–Crippen LogP) is 4.85. The van der Waals surface area contributed by atoms with Gasteiger partial charge in [0.1, 0.15) is 11.5 Å². The van der Waals surface area contributed by atoms with Crippen LogP contribution in [0.2, 0.25) is 0 Å². The summed E-state index contributed by atoms with van der Waals surface area (Å²) in [5.41, 5.74) is 6.48. The van der Waals surface area contributed by atoms with Crippen LogP contribution in [0.25, 0.3) is 22.3 Å². The third-order valence-electron chi connectivity index (χ3n) is 4.57. The Morgan fingerprint density at radius 1 is 0.931 bits per heavy atom. The van der Waals surface area contributed by atoms with Gasteiger partial charge >= 0.3 is 0 Å². The summed E-state index contributed by atoms with van der Waals surface area (Å²) in [5.74, 6) is 2.23. The molecule has 0 aliphatic rings. The first kappa shape index (κ1) is 18.4. The van der Waals surface area contributed by atoms with E-state index >= 15 is 0 Å². The summed E-state index contributed by atoms with van der Waals surface area (Å²) in [5, 5.41) is 14.8. The molecule has 0 fully saturated rings. The molecule has 144 valence electrons. The van der Waals surface area contributed by atoms with Crippen molar-refractivity contribution in [3.05, 3.63) is 78.4 Å². The lowest BCUT2D eigenvalue weighted by Gasteiger charge is -2.09. The van der Waals surface area contributed by atoms with Crippen LogP contribution >= 0.6 is 0 Å². The average molecular weight is 384 g/mol. The second-order valence-corrected chi connectivity index (χ2v) is 6.50. The van der Waals surface area contributed by atoms with Gasteiger partial charge in [-0.05, 0) is 73.2 Å². The smallest absolute Gasteiger partial charge is 0.162 e. The third kappa shape index (κ3) is 4.01. The van der Waals surface area contributed by atoms with Gasteiger partial charge in [0.05, 0.1) is 18.3 Å². The summed E-state index contributed by atoms with van der Waals surface area (Å²) in [4.78, 5) is 9.38. The Morgan fingerprint density at radius 2 is 1.66 bits per heavy atom. The van der Waals surface area contributed by atoms with Crippen LogP contribution in [-0.2, 0) is 0 Å². The van der Waals surface area contributed by atoms with Crippen molar-refractivity contribution < 1.29 is 9.84 Å². The van der Waals surface area contributed by atoms with Gasteiger partial charge < -0.3 is 9.84 Å². The molecule has 3 aromatic carbocycles. The van der Waals surface area contributed by atoms with Crippen LogP contribution in [0.3, 0.4) is 0 Å². The van der Waals surface area contributed by atoms with Crippen molar-refractivity contribution in [3.63, 3.8) is 0 Å². The fraction of sp³-hybridized carbons (Fsp3) is 0.0870. The van der Waals surface area contributed by atoms with E-state index in [1.54, 1.807) is 19.2 Å². The van der Waals surface area contributed by atoms with Crippen molar-refractivity contribution in [2.75, 3.05) is 12.5 Å². The first-order chi connectivity index (χ1) is 14.1. The summed E-state index contributed by atoms with van der Waals surface area (Å²) >= 11 is 0. The lowest BCUT2D eigenvalue weighted by Crippen LogP contribution is -2.03. The Hall–Kier alpha value is -3.93. The summed E-state index contributed by atoms with van der Waals surface area (Å²) in [6, 6.07) is 22.3. The molecule has 0 saturated heterocycles. The molecule has 0 atom stereocenters. The minimum atomic E-state index is 0.223. The van der Waals surface area contributed by atoms with Crippen LogP contribution < -0.4 is 10.2 Å². The number of aromatic nitrogens is 2. The predicted molar refractivity (Wildman–Crippen MR) is 115 cm³/mol. The number of aromatic hydroxyl groups is 1. The zero-order valence-corrected chi connectivity index (χ0v) is 16.1. The van der Waals surface area contributed by atoms with Gasteiger partial charge in [0.2, 0.25) is 0 Å². The van der Waals surface area contributed by atoms with Crippen molar-refractivity contribution in [3.8, 4) is 22.9 Å². The minimum absolute atomic E-state index is 0.223. The monoisotopic (exact) mass is 384 g/mol. The topological polar surface area (TPSA) is 79.6 Å². The normalized spacial score (nSPS) is 11.4. The van der Waals surface area contributed by atoms with Gasteiger partial charge in [-0.25, -0.2) is 9.97 Å². The van der Waals surface area contributed by atoms with E-state index in [0.29, 0.717) is 11.6 Å². The van der Waals surface area contributed by atoms with E-state index < -0.39 is 0 Å². The Morgan fingerprint density at radius 3 is 2.38 bits per heavy atom. The molecule has 0 bridgehead atoms. The lowest BCUT2D eigenvalue weighted by molar-refractivity contribution is 0.415.